The molecule has 0 aliphatic heterocycles. The van der Waals surface area contributed by atoms with Crippen LogP contribution in [-0.2, 0) is 4.79 Å². The van der Waals surface area contributed by atoms with Crippen LogP contribution in [0, 0.1) is 5.92 Å². The molecule has 0 aliphatic carbocycles. The maximum Gasteiger partial charge on any atom is 0.244 e. The Morgan fingerprint density at radius 3 is 3.00 bits per heavy atom. The summed E-state index contributed by atoms with van der Waals surface area (Å²) in [5.74, 6) is 0.828. The highest BCUT2D eigenvalue weighted by atomic mass is 16.5. The van der Waals surface area contributed by atoms with E-state index in [1.54, 1.807) is 12.3 Å². The van der Waals surface area contributed by atoms with Crippen LogP contribution in [0.4, 0.5) is 0 Å². The van der Waals surface area contributed by atoms with Crippen LogP contribution in [0.1, 0.15) is 32.8 Å². The maximum atomic E-state index is 11.7. The number of fused-ring (bicyclic) bond motifs is 1. The third-order valence-electron chi connectivity index (χ3n) is 2.98. The molecule has 2 N–H and O–H groups in total. The van der Waals surface area contributed by atoms with E-state index in [1.807, 2.05) is 6.92 Å². The average Bonchev–Trinajstić information content (AvgIpc) is 2.92. The van der Waals surface area contributed by atoms with Crippen molar-refractivity contribution >= 4 is 23.0 Å². The molecule has 6 nitrogen and oxygen atoms in total. The standard InChI is InChI=1S/C16H22N4O2/c1-4-7-17-13(21)6-5-12-8-18-15-14(12)16(20-10-19-15)22-9-11(2)3/h5-6,8,10-11H,4,7,9H2,1-3H3,(H,17,21)(H,18,19,20)/b6-5+. The van der Waals surface area contributed by atoms with Crippen LogP contribution in [0.15, 0.2) is 18.6 Å². The Morgan fingerprint density at radius 1 is 1.45 bits per heavy atom. The number of rotatable bonds is 7. The zero-order valence-electron chi connectivity index (χ0n) is 13.2. The van der Waals surface area contributed by atoms with Crippen LogP contribution in [0.25, 0.3) is 17.1 Å². The summed E-state index contributed by atoms with van der Waals surface area (Å²) in [7, 11) is 0. The number of aromatic nitrogens is 3. The number of ether oxygens (including phenoxy) is 1. The summed E-state index contributed by atoms with van der Waals surface area (Å²) >= 11 is 0. The monoisotopic (exact) mass is 302 g/mol. The van der Waals surface area contributed by atoms with Crippen LogP contribution >= 0.6 is 0 Å². The molecule has 0 aromatic carbocycles. The first-order valence-electron chi connectivity index (χ1n) is 7.52. The molecule has 0 bridgehead atoms. The number of nitrogens with one attached hydrogen (secondary N) is 2. The minimum absolute atomic E-state index is 0.113. The second-order valence-electron chi connectivity index (χ2n) is 5.48. The predicted molar refractivity (Wildman–Crippen MR) is 86.6 cm³/mol. The molecular weight excluding hydrogens is 280 g/mol. The van der Waals surface area contributed by atoms with Gasteiger partial charge in [-0.3, -0.25) is 4.79 Å². The molecule has 0 fully saturated rings. The van der Waals surface area contributed by atoms with E-state index in [0.717, 1.165) is 17.4 Å². The quantitative estimate of drug-likeness (QED) is 0.770. The smallest absolute Gasteiger partial charge is 0.244 e. The van der Waals surface area contributed by atoms with Crippen molar-refractivity contribution in [3.63, 3.8) is 0 Å². The summed E-state index contributed by atoms with van der Waals surface area (Å²) in [4.78, 5) is 23.1. The van der Waals surface area contributed by atoms with Crippen molar-refractivity contribution in [2.45, 2.75) is 27.2 Å². The topological polar surface area (TPSA) is 79.9 Å². The Labute approximate surface area is 130 Å². The van der Waals surface area contributed by atoms with Crippen molar-refractivity contribution in [2.75, 3.05) is 13.2 Å². The molecule has 0 atom stereocenters. The average molecular weight is 302 g/mol. The van der Waals surface area contributed by atoms with Crippen molar-refractivity contribution in [3.8, 4) is 5.88 Å². The predicted octanol–water partition coefficient (Wildman–Crippen LogP) is 2.53. The molecular formula is C16H22N4O2. The van der Waals surface area contributed by atoms with Crippen molar-refractivity contribution in [2.24, 2.45) is 5.92 Å². The van der Waals surface area contributed by atoms with Gasteiger partial charge in [-0.15, -0.1) is 0 Å². The molecule has 2 rings (SSSR count). The van der Waals surface area contributed by atoms with Gasteiger partial charge in [0, 0.05) is 24.4 Å². The molecule has 118 valence electrons. The van der Waals surface area contributed by atoms with E-state index in [4.69, 9.17) is 4.74 Å². The van der Waals surface area contributed by atoms with E-state index < -0.39 is 0 Å². The highest BCUT2D eigenvalue weighted by molar-refractivity contribution is 5.96. The van der Waals surface area contributed by atoms with Crippen LogP contribution in [0.2, 0.25) is 0 Å². The zero-order valence-corrected chi connectivity index (χ0v) is 13.2. The van der Waals surface area contributed by atoms with E-state index in [2.05, 4.69) is 34.1 Å². The van der Waals surface area contributed by atoms with Crippen molar-refractivity contribution in [1.82, 2.24) is 20.3 Å². The molecule has 0 aliphatic rings. The van der Waals surface area contributed by atoms with E-state index >= 15 is 0 Å². The van der Waals surface area contributed by atoms with Crippen molar-refractivity contribution in [1.29, 1.82) is 0 Å². The molecule has 2 aromatic rings. The number of hydrogen-bond donors (Lipinski definition) is 2. The normalized spacial score (nSPS) is 11.5. The Bertz CT molecular complexity index is 661. The van der Waals surface area contributed by atoms with Gasteiger partial charge in [-0.25, -0.2) is 9.97 Å². The highest BCUT2D eigenvalue weighted by Gasteiger charge is 2.11. The van der Waals surface area contributed by atoms with Crippen molar-refractivity contribution < 1.29 is 9.53 Å². The minimum Gasteiger partial charge on any atom is -0.477 e. The lowest BCUT2D eigenvalue weighted by molar-refractivity contribution is -0.116. The first kappa shape index (κ1) is 16.0. The van der Waals surface area contributed by atoms with Crippen molar-refractivity contribution in [3.05, 3.63) is 24.2 Å². The van der Waals surface area contributed by atoms with E-state index in [0.29, 0.717) is 30.6 Å². The Kier molecular flexibility index (Phi) is 5.52. The summed E-state index contributed by atoms with van der Waals surface area (Å²) < 4.78 is 5.75. The molecule has 0 saturated heterocycles. The molecule has 2 heterocycles. The minimum atomic E-state index is -0.113. The molecule has 22 heavy (non-hydrogen) atoms. The Hall–Kier alpha value is -2.37. The number of H-pyrrole nitrogens is 1. The fourth-order valence-electron chi connectivity index (χ4n) is 1.92. The number of carbonyl (C=O) groups excluding carboxylic acids is 1. The summed E-state index contributed by atoms with van der Waals surface area (Å²) in [6.07, 6.45) is 7.43. The highest BCUT2D eigenvalue weighted by Crippen LogP contribution is 2.26. The van der Waals surface area contributed by atoms with E-state index in [9.17, 15) is 4.79 Å². The molecule has 0 saturated carbocycles. The molecule has 1 amide bonds. The first-order valence-corrected chi connectivity index (χ1v) is 7.52. The van der Waals surface area contributed by atoms with Gasteiger partial charge in [0.05, 0.1) is 12.0 Å². The molecule has 0 radical (unpaired) electrons. The molecule has 2 aromatic heterocycles. The largest absolute Gasteiger partial charge is 0.477 e. The number of carbonyl (C=O) groups is 1. The number of hydrogen-bond acceptors (Lipinski definition) is 4. The SMILES string of the molecule is CCCNC(=O)/C=C/c1c[nH]c2ncnc(OCC(C)C)c12. The summed E-state index contributed by atoms with van der Waals surface area (Å²) in [6, 6.07) is 0. The first-order chi connectivity index (χ1) is 10.6. The van der Waals surface area contributed by atoms with Crippen LogP contribution in [0.3, 0.4) is 0 Å². The van der Waals surface area contributed by atoms with Gasteiger partial charge >= 0.3 is 0 Å². The van der Waals surface area contributed by atoms with Gasteiger partial charge < -0.3 is 15.0 Å². The lowest BCUT2D eigenvalue weighted by Gasteiger charge is -2.08. The van der Waals surface area contributed by atoms with Gasteiger partial charge in [0.2, 0.25) is 11.8 Å². The number of aromatic amines is 1. The second kappa shape index (κ2) is 7.59. The zero-order chi connectivity index (χ0) is 15.9. The fraction of sp³-hybridized carbons (Fsp3) is 0.438. The Morgan fingerprint density at radius 2 is 2.27 bits per heavy atom. The molecule has 6 heteroatoms. The third kappa shape index (κ3) is 4.07. The lowest BCUT2D eigenvalue weighted by Crippen LogP contribution is -2.21. The summed E-state index contributed by atoms with van der Waals surface area (Å²) in [6.45, 7) is 7.42. The van der Waals surface area contributed by atoms with Crippen LogP contribution < -0.4 is 10.1 Å². The maximum absolute atomic E-state index is 11.7. The van der Waals surface area contributed by atoms with Gasteiger partial charge in [-0.1, -0.05) is 20.8 Å². The second-order valence-corrected chi connectivity index (χ2v) is 5.48. The van der Waals surface area contributed by atoms with E-state index in [-0.39, 0.29) is 5.91 Å². The summed E-state index contributed by atoms with van der Waals surface area (Å²) in [5.41, 5.74) is 1.53. The number of amides is 1. The third-order valence-corrected chi connectivity index (χ3v) is 2.98. The summed E-state index contributed by atoms with van der Waals surface area (Å²) in [5, 5.41) is 3.59. The van der Waals surface area contributed by atoms with Gasteiger partial charge in [-0.05, 0) is 18.4 Å². The number of nitrogens with zero attached hydrogens (tertiary/aromatic N) is 2. The molecule has 0 spiro atoms. The molecule has 0 unspecified atom stereocenters. The van der Waals surface area contributed by atoms with Gasteiger partial charge in [0.1, 0.15) is 12.0 Å². The van der Waals surface area contributed by atoms with Crippen LogP contribution in [0.5, 0.6) is 5.88 Å². The van der Waals surface area contributed by atoms with Gasteiger partial charge in [0.15, 0.2) is 0 Å². The van der Waals surface area contributed by atoms with Gasteiger partial charge in [0.25, 0.3) is 0 Å². The van der Waals surface area contributed by atoms with Crippen LogP contribution in [-0.4, -0.2) is 34.0 Å². The fourth-order valence-corrected chi connectivity index (χ4v) is 1.92. The lowest BCUT2D eigenvalue weighted by atomic mass is 10.2. The van der Waals surface area contributed by atoms with E-state index in [1.165, 1.54) is 12.4 Å². The van der Waals surface area contributed by atoms with Gasteiger partial charge in [-0.2, -0.15) is 0 Å². The Balaban J connectivity index is 2.23.